The summed E-state index contributed by atoms with van der Waals surface area (Å²) in [7, 11) is 2.97. The van der Waals surface area contributed by atoms with Crippen LogP contribution in [0.5, 0.6) is 0 Å². The number of ether oxygens (including phenoxy) is 2. The molecule has 0 saturated heterocycles. The molecule has 0 aromatic rings. The molecule has 0 saturated carbocycles. The summed E-state index contributed by atoms with van der Waals surface area (Å²) in [6.45, 7) is 0.562. The average Bonchev–Trinajstić information content (AvgIpc) is 2.31. The number of carboxylic acids is 2. The Bertz CT molecular complexity index is 255. The zero-order valence-corrected chi connectivity index (χ0v) is 10.9. The zero-order chi connectivity index (χ0) is 14.0. The number of rotatable bonds is 11. The van der Waals surface area contributed by atoms with Gasteiger partial charge in [0.15, 0.2) is 0 Å². The molecule has 0 atom stereocenters. The summed E-state index contributed by atoms with van der Waals surface area (Å²) in [6.07, 6.45) is 0.860. The van der Waals surface area contributed by atoms with Crippen molar-refractivity contribution in [1.82, 2.24) is 0 Å². The van der Waals surface area contributed by atoms with Crippen LogP contribution in [0.15, 0.2) is 0 Å². The van der Waals surface area contributed by atoms with Gasteiger partial charge in [0.2, 0.25) is 0 Å². The highest BCUT2D eigenvalue weighted by Crippen LogP contribution is 2.32. The van der Waals surface area contributed by atoms with E-state index in [0.29, 0.717) is 0 Å². The predicted octanol–water partition coefficient (Wildman–Crippen LogP) is -1.28. The average molecular weight is 260 g/mol. The Morgan fingerprint density at radius 1 is 1.00 bits per heavy atom. The van der Waals surface area contributed by atoms with E-state index in [1.165, 1.54) is 14.2 Å². The summed E-state index contributed by atoms with van der Waals surface area (Å²) in [6, 6.07) is 0. The van der Waals surface area contributed by atoms with E-state index in [-0.39, 0.29) is 45.3 Å². The zero-order valence-electron chi connectivity index (χ0n) is 10.9. The molecule has 0 heterocycles. The second-order valence-electron chi connectivity index (χ2n) is 4.28. The normalized spacial score (nSPS) is 11.4. The lowest BCUT2D eigenvalue weighted by Gasteiger charge is -2.35. The SMILES string of the molecule is COCCC(CCCC(=O)[O-])(CCOC)C(=O)[O-]. The molecule has 18 heavy (non-hydrogen) atoms. The third kappa shape index (κ3) is 5.97. The number of hydrogen-bond donors (Lipinski definition) is 0. The number of methoxy groups -OCH3 is 2. The van der Waals surface area contributed by atoms with Gasteiger partial charge in [0.1, 0.15) is 0 Å². The van der Waals surface area contributed by atoms with Crippen LogP contribution in [0.4, 0.5) is 0 Å². The van der Waals surface area contributed by atoms with E-state index in [9.17, 15) is 19.8 Å². The first kappa shape index (κ1) is 16.9. The molecule has 0 fully saturated rings. The van der Waals surface area contributed by atoms with Crippen molar-refractivity contribution < 1.29 is 29.3 Å². The lowest BCUT2D eigenvalue weighted by atomic mass is 9.77. The van der Waals surface area contributed by atoms with E-state index < -0.39 is 17.4 Å². The first-order valence-corrected chi connectivity index (χ1v) is 5.87. The van der Waals surface area contributed by atoms with E-state index in [4.69, 9.17) is 9.47 Å². The number of aliphatic carboxylic acids is 2. The van der Waals surface area contributed by atoms with Crippen LogP contribution in [0, 0.1) is 5.41 Å². The second kappa shape index (κ2) is 8.88. The van der Waals surface area contributed by atoms with E-state index in [1.807, 2.05) is 0 Å². The number of carboxylic acid groups (broad SMARTS) is 2. The number of carbonyl (C=O) groups is 2. The van der Waals surface area contributed by atoms with Crippen molar-refractivity contribution in [1.29, 1.82) is 0 Å². The van der Waals surface area contributed by atoms with Crippen LogP contribution in [0.25, 0.3) is 0 Å². The molecule has 0 aromatic carbocycles. The first-order chi connectivity index (χ1) is 8.48. The highest BCUT2D eigenvalue weighted by atomic mass is 16.5. The van der Waals surface area contributed by atoms with Gasteiger partial charge in [0.05, 0.1) is 0 Å². The van der Waals surface area contributed by atoms with Crippen LogP contribution in [-0.2, 0) is 19.1 Å². The van der Waals surface area contributed by atoms with Crippen LogP contribution >= 0.6 is 0 Å². The molecule has 0 unspecified atom stereocenters. The van der Waals surface area contributed by atoms with Gasteiger partial charge in [-0.1, -0.05) is 0 Å². The van der Waals surface area contributed by atoms with E-state index in [1.54, 1.807) is 0 Å². The van der Waals surface area contributed by atoms with Gasteiger partial charge in [-0.2, -0.15) is 0 Å². The topological polar surface area (TPSA) is 98.7 Å². The Morgan fingerprint density at radius 3 is 1.83 bits per heavy atom. The summed E-state index contributed by atoms with van der Waals surface area (Å²) in [5.74, 6) is -2.37. The Kier molecular flexibility index (Phi) is 8.32. The molecule has 0 spiro atoms. The molecule has 106 valence electrons. The van der Waals surface area contributed by atoms with E-state index >= 15 is 0 Å². The Balaban J connectivity index is 4.59. The molecule has 0 aliphatic carbocycles. The minimum Gasteiger partial charge on any atom is -0.550 e. The van der Waals surface area contributed by atoms with Gasteiger partial charge < -0.3 is 29.3 Å². The molecule has 0 aromatic heterocycles. The van der Waals surface area contributed by atoms with Gasteiger partial charge in [-0.25, -0.2) is 0 Å². The molecule has 0 N–H and O–H groups in total. The summed E-state index contributed by atoms with van der Waals surface area (Å²) in [4.78, 5) is 21.7. The first-order valence-electron chi connectivity index (χ1n) is 5.87. The molecule has 0 rings (SSSR count). The van der Waals surface area contributed by atoms with Gasteiger partial charge in [0.25, 0.3) is 0 Å². The Labute approximate surface area is 107 Å². The quantitative estimate of drug-likeness (QED) is 0.458. The highest BCUT2D eigenvalue weighted by Gasteiger charge is 2.30. The van der Waals surface area contributed by atoms with Gasteiger partial charge in [-0.05, 0) is 32.1 Å². The number of hydrogen-bond acceptors (Lipinski definition) is 6. The maximum atomic E-state index is 11.3. The molecule has 6 nitrogen and oxygen atoms in total. The molecule has 0 aliphatic heterocycles. The van der Waals surface area contributed by atoms with Crippen LogP contribution in [-0.4, -0.2) is 39.4 Å². The number of carbonyl (C=O) groups excluding carboxylic acids is 2. The van der Waals surface area contributed by atoms with E-state index in [2.05, 4.69) is 0 Å². The lowest BCUT2D eigenvalue weighted by Crippen LogP contribution is -2.44. The van der Waals surface area contributed by atoms with Gasteiger partial charge in [-0.3, -0.25) is 0 Å². The standard InChI is InChI=1S/C12H22O6/c1-17-8-6-12(11(15)16,7-9-18-2)5-3-4-10(13)14/h3-9H2,1-2H3,(H,13,14)(H,15,16)/p-2. The minimum absolute atomic E-state index is 0.158. The van der Waals surface area contributed by atoms with Crippen molar-refractivity contribution in [2.24, 2.45) is 5.41 Å². The molecule has 0 aliphatic rings. The third-order valence-electron chi connectivity index (χ3n) is 3.04. The summed E-state index contributed by atoms with van der Waals surface area (Å²) in [5.41, 5.74) is -1.10. The Morgan fingerprint density at radius 2 is 1.50 bits per heavy atom. The largest absolute Gasteiger partial charge is 0.550 e. The van der Waals surface area contributed by atoms with Gasteiger partial charge >= 0.3 is 0 Å². The van der Waals surface area contributed by atoms with Crippen molar-refractivity contribution in [3.05, 3.63) is 0 Å². The van der Waals surface area contributed by atoms with Crippen LogP contribution in [0.3, 0.4) is 0 Å². The minimum atomic E-state index is -1.19. The molecule has 0 amide bonds. The van der Waals surface area contributed by atoms with Crippen molar-refractivity contribution in [2.75, 3.05) is 27.4 Å². The maximum Gasteiger partial charge on any atom is 0.0477 e. The maximum absolute atomic E-state index is 11.3. The highest BCUT2D eigenvalue weighted by molar-refractivity contribution is 5.72. The van der Waals surface area contributed by atoms with Crippen LogP contribution in [0.2, 0.25) is 0 Å². The summed E-state index contributed by atoms with van der Waals surface area (Å²) >= 11 is 0. The third-order valence-corrected chi connectivity index (χ3v) is 3.04. The van der Waals surface area contributed by atoms with Crippen molar-refractivity contribution in [2.45, 2.75) is 32.1 Å². The molecular weight excluding hydrogens is 240 g/mol. The molecule has 6 heteroatoms. The summed E-state index contributed by atoms with van der Waals surface area (Å²) in [5, 5.41) is 21.7. The fraction of sp³-hybridized carbons (Fsp3) is 0.833. The van der Waals surface area contributed by atoms with Crippen molar-refractivity contribution in [3.8, 4) is 0 Å². The monoisotopic (exact) mass is 260 g/mol. The molecule has 0 radical (unpaired) electrons. The van der Waals surface area contributed by atoms with Crippen LogP contribution < -0.4 is 10.2 Å². The van der Waals surface area contributed by atoms with Crippen molar-refractivity contribution >= 4 is 11.9 Å². The van der Waals surface area contributed by atoms with Gasteiger partial charge in [-0.15, -0.1) is 0 Å². The fourth-order valence-electron chi connectivity index (χ4n) is 1.85. The second-order valence-corrected chi connectivity index (χ2v) is 4.28. The summed E-state index contributed by atoms with van der Waals surface area (Å²) < 4.78 is 9.79. The van der Waals surface area contributed by atoms with Gasteiger partial charge in [0, 0.05) is 44.8 Å². The van der Waals surface area contributed by atoms with E-state index in [0.717, 1.165) is 0 Å². The fourth-order valence-corrected chi connectivity index (χ4v) is 1.85. The molecule has 0 bridgehead atoms. The Hall–Kier alpha value is -1.14. The molecular formula is C12H20O6-2. The smallest absolute Gasteiger partial charge is 0.0477 e. The lowest BCUT2D eigenvalue weighted by molar-refractivity contribution is -0.322. The van der Waals surface area contributed by atoms with Crippen LogP contribution in [0.1, 0.15) is 32.1 Å². The predicted molar refractivity (Wildman–Crippen MR) is 59.3 cm³/mol. The van der Waals surface area contributed by atoms with Crippen molar-refractivity contribution in [3.63, 3.8) is 0 Å².